The zero-order valence-corrected chi connectivity index (χ0v) is 14.6. The largest absolute Gasteiger partial charge is 0.480 e. The third kappa shape index (κ3) is 3.14. The zero-order valence-electron chi connectivity index (χ0n) is 13.8. The Hall–Kier alpha value is -1.27. The van der Waals surface area contributed by atoms with E-state index in [1.54, 1.807) is 0 Å². The fourth-order valence-corrected chi connectivity index (χ4v) is 5.60. The molecule has 24 heavy (non-hydrogen) atoms. The number of hydrogen-bond donors (Lipinski definition) is 2. The minimum Gasteiger partial charge on any atom is -0.480 e. The van der Waals surface area contributed by atoms with Gasteiger partial charge in [-0.2, -0.15) is 11.8 Å². The fraction of sp³-hybridized carbons (Fsp3) is 0.667. The third-order valence-electron chi connectivity index (χ3n) is 5.76. The molecule has 1 aliphatic heterocycles. The average molecular weight is 351 g/mol. The minimum atomic E-state index is -1.01. The number of ether oxygens (including phenoxy) is 1. The summed E-state index contributed by atoms with van der Waals surface area (Å²) in [7, 11) is 0. The van der Waals surface area contributed by atoms with Gasteiger partial charge in [-0.25, -0.2) is 0 Å². The summed E-state index contributed by atoms with van der Waals surface area (Å²) in [5.41, 5.74) is 7.99. The molecule has 6 atom stereocenters. The molecule has 2 aliphatic carbocycles. The Morgan fingerprint density at radius 3 is 2.75 bits per heavy atom. The van der Waals surface area contributed by atoms with Gasteiger partial charge in [0, 0.05) is 23.3 Å². The lowest BCUT2D eigenvalue weighted by molar-refractivity contribution is -0.145. The monoisotopic (exact) mass is 351 g/mol. The highest BCUT2D eigenvalue weighted by Gasteiger charge is 2.53. The van der Waals surface area contributed by atoms with Gasteiger partial charge >= 0.3 is 11.9 Å². The van der Waals surface area contributed by atoms with Gasteiger partial charge in [0.2, 0.25) is 0 Å². The molecule has 5 nitrogen and oxygen atoms in total. The molecule has 3 aliphatic rings. The summed E-state index contributed by atoms with van der Waals surface area (Å²) in [4.78, 5) is 23.2. The maximum atomic E-state index is 12.4. The van der Waals surface area contributed by atoms with Crippen LogP contribution in [0.25, 0.3) is 0 Å². The molecule has 0 radical (unpaired) electrons. The van der Waals surface area contributed by atoms with Gasteiger partial charge < -0.3 is 15.6 Å². The van der Waals surface area contributed by atoms with E-state index in [4.69, 9.17) is 15.6 Å². The summed E-state index contributed by atoms with van der Waals surface area (Å²) in [5, 5.41) is 8.86. The van der Waals surface area contributed by atoms with Crippen molar-refractivity contribution in [2.45, 2.75) is 37.8 Å². The number of nitrogens with two attached hydrogens (primary N) is 1. The van der Waals surface area contributed by atoms with Gasteiger partial charge in [-0.1, -0.05) is 24.3 Å². The first-order valence-corrected chi connectivity index (χ1v) is 9.67. The number of allylic oxidation sites excluding steroid dienone is 1. The van der Waals surface area contributed by atoms with Crippen molar-refractivity contribution in [2.75, 3.05) is 11.5 Å². The van der Waals surface area contributed by atoms with Crippen LogP contribution in [0.1, 0.15) is 25.7 Å². The van der Waals surface area contributed by atoms with E-state index in [-0.39, 0.29) is 29.8 Å². The molecule has 2 saturated carbocycles. The predicted octanol–water partition coefficient (Wildman–Crippen LogP) is 2.22. The molecule has 1 heterocycles. The van der Waals surface area contributed by atoms with E-state index in [1.807, 2.05) is 0 Å². The highest BCUT2D eigenvalue weighted by atomic mass is 32.2. The molecule has 1 saturated heterocycles. The zero-order chi connectivity index (χ0) is 17.4. The van der Waals surface area contributed by atoms with Crippen LogP contribution in [0.5, 0.6) is 0 Å². The van der Waals surface area contributed by atoms with E-state index in [0.717, 1.165) is 25.7 Å². The molecule has 0 aromatic heterocycles. The molecule has 0 aromatic rings. The van der Waals surface area contributed by atoms with Gasteiger partial charge in [-0.05, 0) is 31.6 Å². The van der Waals surface area contributed by atoms with Crippen LogP contribution < -0.4 is 5.73 Å². The highest BCUT2D eigenvalue weighted by Crippen LogP contribution is 2.52. The number of rotatable bonds is 5. The smallest absolute Gasteiger partial charge is 0.321 e. The van der Waals surface area contributed by atoms with Crippen molar-refractivity contribution >= 4 is 23.7 Å². The lowest BCUT2D eigenvalue weighted by Crippen LogP contribution is -2.33. The number of carboxylic acid groups (broad SMARTS) is 1. The number of carboxylic acids is 1. The molecular weight excluding hydrogens is 326 g/mol. The van der Waals surface area contributed by atoms with E-state index in [0.29, 0.717) is 17.4 Å². The molecule has 3 rings (SSSR count). The van der Waals surface area contributed by atoms with Gasteiger partial charge in [0.1, 0.15) is 12.1 Å². The molecular formula is C18H25NO4S. The second-order valence-electron chi connectivity index (χ2n) is 7.18. The number of carbonyl (C=O) groups is 2. The summed E-state index contributed by atoms with van der Waals surface area (Å²) in [6, 6.07) is -0.892. The van der Waals surface area contributed by atoms with Crippen molar-refractivity contribution in [1.82, 2.24) is 0 Å². The fourth-order valence-electron chi connectivity index (χ4n) is 4.43. The first-order valence-electron chi connectivity index (χ1n) is 8.52. The molecule has 3 fully saturated rings. The van der Waals surface area contributed by atoms with Gasteiger partial charge in [0.25, 0.3) is 0 Å². The summed E-state index contributed by atoms with van der Waals surface area (Å²) < 4.78 is 5.79. The molecule has 0 unspecified atom stereocenters. The van der Waals surface area contributed by atoms with Crippen molar-refractivity contribution in [3.05, 3.63) is 24.3 Å². The SMILES string of the molecule is C=C1CC[C@H]2C(=C)CC[C@@H]3[C@H](OC(=O)[C@H]3CSC[C@H](N)C(=O)O)[C@@H]12. The standard InChI is InChI=1S/C18H25NO4S/c1-9-3-6-12-13(7-24-8-14(19)17(20)21)18(22)23-16(12)15-10(2)4-5-11(9)15/h11-16H,1-8,19H2,(H,20,21)/t11-,12-,13-,14-,15-,16-/m0/s1. The summed E-state index contributed by atoms with van der Waals surface area (Å²) in [5.74, 6) is 0.322. The van der Waals surface area contributed by atoms with Crippen molar-refractivity contribution < 1.29 is 19.4 Å². The van der Waals surface area contributed by atoms with Crippen LogP contribution in [-0.4, -0.2) is 40.7 Å². The average Bonchev–Trinajstić information content (AvgIpc) is 3.01. The third-order valence-corrected chi connectivity index (χ3v) is 6.95. The Labute approximate surface area is 146 Å². The Morgan fingerprint density at radius 1 is 1.33 bits per heavy atom. The first kappa shape index (κ1) is 17.5. The second-order valence-corrected chi connectivity index (χ2v) is 8.26. The van der Waals surface area contributed by atoms with Crippen LogP contribution >= 0.6 is 11.8 Å². The van der Waals surface area contributed by atoms with Crippen LogP contribution in [0.2, 0.25) is 0 Å². The normalized spacial score (nSPS) is 36.7. The summed E-state index contributed by atoms with van der Waals surface area (Å²) >= 11 is 1.43. The van der Waals surface area contributed by atoms with Crippen molar-refractivity contribution in [3.63, 3.8) is 0 Å². The lowest BCUT2D eigenvalue weighted by Gasteiger charge is -2.27. The van der Waals surface area contributed by atoms with Gasteiger partial charge in [-0.15, -0.1) is 0 Å². The van der Waals surface area contributed by atoms with Gasteiger partial charge in [-0.3, -0.25) is 9.59 Å². The molecule has 0 aromatic carbocycles. The predicted molar refractivity (Wildman–Crippen MR) is 93.5 cm³/mol. The molecule has 0 amide bonds. The number of esters is 1. The Morgan fingerprint density at radius 2 is 2.04 bits per heavy atom. The quantitative estimate of drug-likeness (QED) is 0.583. The van der Waals surface area contributed by atoms with Crippen LogP contribution in [0.4, 0.5) is 0 Å². The van der Waals surface area contributed by atoms with Crippen molar-refractivity contribution in [1.29, 1.82) is 0 Å². The van der Waals surface area contributed by atoms with Crippen molar-refractivity contribution in [2.24, 2.45) is 29.4 Å². The Bertz CT molecular complexity index is 575. The van der Waals surface area contributed by atoms with E-state index < -0.39 is 12.0 Å². The number of thioether (sulfide) groups is 1. The lowest BCUT2D eigenvalue weighted by atomic mass is 9.80. The Balaban J connectivity index is 1.69. The summed E-state index contributed by atoms with van der Waals surface area (Å²) in [6.07, 6.45) is 3.81. The summed E-state index contributed by atoms with van der Waals surface area (Å²) in [6.45, 7) is 8.47. The minimum absolute atomic E-state index is 0.0875. The number of hydrogen-bond acceptors (Lipinski definition) is 5. The van der Waals surface area contributed by atoms with E-state index in [1.165, 1.54) is 22.9 Å². The molecule has 0 spiro atoms. The number of aliphatic carboxylic acids is 1. The van der Waals surface area contributed by atoms with Crippen LogP contribution in [0.15, 0.2) is 24.3 Å². The maximum Gasteiger partial charge on any atom is 0.321 e. The number of carbonyl (C=O) groups excluding carboxylic acids is 1. The second kappa shape index (κ2) is 6.92. The number of fused-ring (bicyclic) bond motifs is 3. The van der Waals surface area contributed by atoms with Crippen LogP contribution in [0.3, 0.4) is 0 Å². The van der Waals surface area contributed by atoms with Gasteiger partial charge in [0.05, 0.1) is 5.92 Å². The molecule has 132 valence electrons. The van der Waals surface area contributed by atoms with Crippen molar-refractivity contribution in [3.8, 4) is 0 Å². The molecule has 0 bridgehead atoms. The molecule has 3 N–H and O–H groups in total. The van der Waals surface area contributed by atoms with Crippen LogP contribution in [-0.2, 0) is 14.3 Å². The van der Waals surface area contributed by atoms with Crippen LogP contribution in [0, 0.1) is 23.7 Å². The van der Waals surface area contributed by atoms with E-state index in [9.17, 15) is 9.59 Å². The maximum absolute atomic E-state index is 12.4. The Kier molecular flexibility index (Phi) is 5.06. The highest BCUT2D eigenvalue weighted by molar-refractivity contribution is 7.99. The van der Waals surface area contributed by atoms with E-state index in [2.05, 4.69) is 13.2 Å². The molecule has 6 heteroatoms. The first-order chi connectivity index (χ1) is 11.4. The van der Waals surface area contributed by atoms with E-state index >= 15 is 0 Å². The van der Waals surface area contributed by atoms with Gasteiger partial charge in [0.15, 0.2) is 0 Å². The topological polar surface area (TPSA) is 89.6 Å².